The summed E-state index contributed by atoms with van der Waals surface area (Å²) < 4.78 is 13.0. The maximum absolute atomic E-state index is 13.0. The molecule has 3 rings (SSSR count). The largest absolute Gasteiger partial charge is 0.507 e. The Morgan fingerprint density at radius 1 is 1.12 bits per heavy atom. The molecule has 0 spiro atoms. The van der Waals surface area contributed by atoms with Crippen LogP contribution in [-0.4, -0.2) is 55.2 Å². The Balaban J connectivity index is 1.43. The van der Waals surface area contributed by atoms with Crippen LogP contribution in [-0.2, 0) is 0 Å². The van der Waals surface area contributed by atoms with E-state index < -0.39 is 0 Å². The molecule has 0 radical (unpaired) electrons. The average Bonchev–Trinajstić information content (AvgIpc) is 2.65. The Hall–Kier alpha value is -2.60. The first kappa shape index (κ1) is 18.2. The monoisotopic (exact) mass is 357 g/mol. The summed E-state index contributed by atoms with van der Waals surface area (Å²) in [4.78, 5) is 16.7. The summed E-state index contributed by atoms with van der Waals surface area (Å²) >= 11 is 0. The van der Waals surface area contributed by atoms with Crippen molar-refractivity contribution in [2.45, 2.75) is 6.92 Å². The third kappa shape index (κ3) is 4.32. The quantitative estimate of drug-likeness (QED) is 0.863. The van der Waals surface area contributed by atoms with Gasteiger partial charge in [0, 0.05) is 45.0 Å². The van der Waals surface area contributed by atoms with Crippen LogP contribution in [0.5, 0.6) is 5.75 Å². The smallest absolute Gasteiger partial charge is 0.255 e. The van der Waals surface area contributed by atoms with Crippen molar-refractivity contribution in [2.75, 3.05) is 44.2 Å². The molecule has 1 amide bonds. The minimum Gasteiger partial charge on any atom is -0.507 e. The minimum atomic E-state index is -0.254. The number of nitrogens with one attached hydrogen (secondary N) is 1. The molecule has 6 heteroatoms. The second kappa shape index (κ2) is 8.19. The number of halogens is 1. The van der Waals surface area contributed by atoms with Gasteiger partial charge in [-0.25, -0.2) is 4.39 Å². The van der Waals surface area contributed by atoms with E-state index in [-0.39, 0.29) is 17.5 Å². The van der Waals surface area contributed by atoms with Crippen molar-refractivity contribution < 1.29 is 14.3 Å². The molecule has 1 fully saturated rings. The van der Waals surface area contributed by atoms with Crippen LogP contribution < -0.4 is 10.2 Å². The fourth-order valence-electron chi connectivity index (χ4n) is 3.15. The van der Waals surface area contributed by atoms with E-state index in [1.807, 2.05) is 0 Å². The molecular formula is C20H24FN3O2. The Kier molecular flexibility index (Phi) is 5.73. The number of carbonyl (C=O) groups is 1. The first-order chi connectivity index (χ1) is 12.5. The average molecular weight is 357 g/mol. The number of piperazine rings is 1. The molecule has 2 N–H and O–H groups in total. The molecular weight excluding hydrogens is 333 g/mol. The molecule has 2 aromatic carbocycles. The van der Waals surface area contributed by atoms with Gasteiger partial charge in [0.25, 0.3) is 5.91 Å². The van der Waals surface area contributed by atoms with Crippen molar-refractivity contribution in [1.82, 2.24) is 10.2 Å². The summed E-state index contributed by atoms with van der Waals surface area (Å²) in [7, 11) is 0. The van der Waals surface area contributed by atoms with E-state index in [0.29, 0.717) is 17.7 Å². The van der Waals surface area contributed by atoms with E-state index in [1.165, 1.54) is 12.1 Å². The number of anilines is 1. The molecule has 2 aromatic rings. The van der Waals surface area contributed by atoms with E-state index in [0.717, 1.165) is 38.4 Å². The standard InChI is InChI=1S/C20H24FN3O2/c1-15-3-2-4-18(19(15)25)20(26)22-9-10-23-11-13-24(14-12-23)17-7-5-16(21)6-8-17/h2-8,25H,9-14H2,1H3,(H,22,26). The highest BCUT2D eigenvalue weighted by Gasteiger charge is 2.18. The van der Waals surface area contributed by atoms with Gasteiger partial charge in [-0.1, -0.05) is 12.1 Å². The molecule has 0 saturated carbocycles. The van der Waals surface area contributed by atoms with Crippen molar-refractivity contribution in [3.8, 4) is 5.75 Å². The zero-order valence-corrected chi connectivity index (χ0v) is 14.9. The Labute approximate surface area is 153 Å². The van der Waals surface area contributed by atoms with E-state index >= 15 is 0 Å². The first-order valence-corrected chi connectivity index (χ1v) is 8.84. The van der Waals surface area contributed by atoms with Gasteiger partial charge in [0.1, 0.15) is 11.6 Å². The molecule has 0 aromatic heterocycles. The summed E-state index contributed by atoms with van der Waals surface area (Å²) in [5.74, 6) is -0.433. The van der Waals surface area contributed by atoms with Gasteiger partial charge < -0.3 is 15.3 Å². The molecule has 0 unspecified atom stereocenters. The van der Waals surface area contributed by atoms with Gasteiger partial charge in [-0.2, -0.15) is 0 Å². The Morgan fingerprint density at radius 2 is 1.81 bits per heavy atom. The lowest BCUT2D eigenvalue weighted by atomic mass is 10.1. The van der Waals surface area contributed by atoms with Crippen molar-refractivity contribution in [3.63, 3.8) is 0 Å². The Bertz CT molecular complexity index is 756. The van der Waals surface area contributed by atoms with Crippen LogP contribution >= 0.6 is 0 Å². The zero-order chi connectivity index (χ0) is 18.5. The van der Waals surface area contributed by atoms with Crippen LogP contribution in [0.1, 0.15) is 15.9 Å². The number of hydrogen-bond donors (Lipinski definition) is 2. The second-order valence-corrected chi connectivity index (χ2v) is 6.53. The van der Waals surface area contributed by atoms with Crippen LogP contribution in [0.2, 0.25) is 0 Å². The van der Waals surface area contributed by atoms with Crippen molar-refractivity contribution >= 4 is 11.6 Å². The number of nitrogens with zero attached hydrogens (tertiary/aromatic N) is 2. The second-order valence-electron chi connectivity index (χ2n) is 6.53. The molecule has 1 saturated heterocycles. The molecule has 0 atom stereocenters. The lowest BCUT2D eigenvalue weighted by molar-refractivity contribution is 0.0945. The highest BCUT2D eigenvalue weighted by Crippen LogP contribution is 2.21. The number of benzene rings is 2. The lowest BCUT2D eigenvalue weighted by Gasteiger charge is -2.36. The summed E-state index contributed by atoms with van der Waals surface area (Å²) in [5, 5.41) is 12.8. The van der Waals surface area contributed by atoms with Gasteiger partial charge in [0.05, 0.1) is 5.56 Å². The fourth-order valence-corrected chi connectivity index (χ4v) is 3.15. The SMILES string of the molecule is Cc1cccc(C(=O)NCCN2CCN(c3ccc(F)cc3)CC2)c1O. The minimum absolute atomic E-state index is 0.0397. The lowest BCUT2D eigenvalue weighted by Crippen LogP contribution is -2.48. The molecule has 0 aliphatic carbocycles. The maximum atomic E-state index is 13.0. The number of carbonyl (C=O) groups excluding carboxylic acids is 1. The van der Waals surface area contributed by atoms with Gasteiger partial charge in [-0.15, -0.1) is 0 Å². The number of phenolic OH excluding ortho intramolecular Hbond substituents is 1. The molecule has 26 heavy (non-hydrogen) atoms. The molecule has 1 aliphatic heterocycles. The first-order valence-electron chi connectivity index (χ1n) is 8.84. The highest BCUT2D eigenvalue weighted by molar-refractivity contribution is 5.97. The third-order valence-corrected chi connectivity index (χ3v) is 4.76. The summed E-state index contributed by atoms with van der Waals surface area (Å²) in [6, 6.07) is 11.7. The van der Waals surface area contributed by atoms with Crippen LogP contribution in [0.25, 0.3) is 0 Å². The number of phenols is 1. The summed E-state index contributed by atoms with van der Waals surface area (Å²) in [6.45, 7) is 6.59. The van der Waals surface area contributed by atoms with Crippen molar-refractivity contribution in [3.05, 3.63) is 59.4 Å². The number of amides is 1. The van der Waals surface area contributed by atoms with Crippen LogP contribution in [0.15, 0.2) is 42.5 Å². The highest BCUT2D eigenvalue weighted by atomic mass is 19.1. The van der Waals surface area contributed by atoms with Crippen LogP contribution in [0.3, 0.4) is 0 Å². The van der Waals surface area contributed by atoms with Crippen molar-refractivity contribution in [2.24, 2.45) is 0 Å². The maximum Gasteiger partial charge on any atom is 0.255 e. The molecule has 1 heterocycles. The zero-order valence-electron chi connectivity index (χ0n) is 14.9. The van der Waals surface area contributed by atoms with Gasteiger partial charge in [-0.05, 0) is 42.8 Å². The van der Waals surface area contributed by atoms with E-state index in [9.17, 15) is 14.3 Å². The number of aromatic hydroxyl groups is 1. The fraction of sp³-hybridized carbons (Fsp3) is 0.350. The number of aryl methyl sites for hydroxylation is 1. The number of rotatable bonds is 5. The van der Waals surface area contributed by atoms with Gasteiger partial charge in [-0.3, -0.25) is 9.69 Å². The topological polar surface area (TPSA) is 55.8 Å². The van der Waals surface area contributed by atoms with Gasteiger partial charge >= 0.3 is 0 Å². The molecule has 0 bridgehead atoms. The van der Waals surface area contributed by atoms with E-state index in [1.54, 1.807) is 37.3 Å². The van der Waals surface area contributed by atoms with Crippen molar-refractivity contribution in [1.29, 1.82) is 0 Å². The number of para-hydroxylation sites is 1. The van der Waals surface area contributed by atoms with Gasteiger partial charge in [0.15, 0.2) is 0 Å². The van der Waals surface area contributed by atoms with Gasteiger partial charge in [0.2, 0.25) is 0 Å². The van der Waals surface area contributed by atoms with Crippen LogP contribution in [0, 0.1) is 12.7 Å². The predicted octanol–water partition coefficient (Wildman–Crippen LogP) is 2.39. The van der Waals surface area contributed by atoms with E-state index in [2.05, 4.69) is 15.1 Å². The predicted molar refractivity (Wildman–Crippen MR) is 100 cm³/mol. The summed E-state index contributed by atoms with van der Waals surface area (Å²) in [6.07, 6.45) is 0. The van der Waals surface area contributed by atoms with Crippen LogP contribution in [0.4, 0.5) is 10.1 Å². The van der Waals surface area contributed by atoms with E-state index in [4.69, 9.17) is 0 Å². The molecule has 5 nitrogen and oxygen atoms in total. The Morgan fingerprint density at radius 3 is 2.50 bits per heavy atom. The normalized spacial score (nSPS) is 15.1. The number of hydrogen-bond acceptors (Lipinski definition) is 4. The molecule has 1 aliphatic rings. The summed E-state index contributed by atoms with van der Waals surface area (Å²) in [5.41, 5.74) is 2.04. The molecule has 138 valence electrons. The third-order valence-electron chi connectivity index (χ3n) is 4.76.